The molecule has 11 heavy (non-hydrogen) atoms. The van der Waals surface area contributed by atoms with E-state index in [1.807, 2.05) is 32.9 Å². The van der Waals surface area contributed by atoms with E-state index < -0.39 is 0 Å². The Morgan fingerprint density at radius 3 is 2.36 bits per heavy atom. The highest BCUT2D eigenvalue weighted by molar-refractivity contribution is 7.17. The van der Waals surface area contributed by atoms with E-state index in [0.29, 0.717) is 0 Å². The molecule has 0 aromatic carbocycles. The predicted octanol–water partition coefficient (Wildman–Crippen LogP) is 3.58. The lowest BCUT2D eigenvalue weighted by Crippen LogP contribution is -2.22. The van der Waals surface area contributed by atoms with Gasteiger partial charge in [-0.1, -0.05) is 22.9 Å². The molecule has 0 aliphatic rings. The minimum atomic E-state index is -0.131. The zero-order valence-electron chi connectivity index (χ0n) is 6.85. The van der Waals surface area contributed by atoms with E-state index in [2.05, 4.69) is 0 Å². The lowest BCUT2D eigenvalue weighted by molar-refractivity contribution is 0.136. The molecule has 0 bridgehead atoms. The molecule has 1 rings (SSSR count). The van der Waals surface area contributed by atoms with Crippen molar-refractivity contribution >= 4 is 22.9 Å². The normalized spacial score (nSPS) is 11.6. The van der Waals surface area contributed by atoms with Gasteiger partial charge in [-0.15, -0.1) is 0 Å². The highest BCUT2D eigenvalue weighted by Crippen LogP contribution is 2.30. The summed E-state index contributed by atoms with van der Waals surface area (Å²) in [5.74, 6) is 0. The second kappa shape index (κ2) is 3.03. The fourth-order valence-corrected chi connectivity index (χ4v) is 1.70. The Labute approximate surface area is 75.9 Å². The highest BCUT2D eigenvalue weighted by atomic mass is 35.5. The summed E-state index contributed by atoms with van der Waals surface area (Å²) in [5.41, 5.74) is -0.131. The van der Waals surface area contributed by atoms with Gasteiger partial charge in [0.1, 0.15) is 5.60 Å². The molecule has 3 heteroatoms. The third-order valence-corrected chi connectivity index (χ3v) is 2.06. The Hall–Kier alpha value is -0.210. The monoisotopic (exact) mass is 190 g/mol. The van der Waals surface area contributed by atoms with Gasteiger partial charge in [0.2, 0.25) is 0 Å². The Balaban J connectivity index is 2.65. The van der Waals surface area contributed by atoms with Crippen LogP contribution in [0.1, 0.15) is 20.8 Å². The Morgan fingerprint density at radius 1 is 1.36 bits per heavy atom. The maximum absolute atomic E-state index is 5.73. The maximum atomic E-state index is 5.73. The van der Waals surface area contributed by atoms with Gasteiger partial charge in [0.05, 0.1) is 4.34 Å². The Kier molecular flexibility index (Phi) is 2.45. The van der Waals surface area contributed by atoms with E-state index in [1.165, 1.54) is 11.3 Å². The Morgan fingerprint density at radius 2 is 2.00 bits per heavy atom. The lowest BCUT2D eigenvalue weighted by atomic mass is 10.2. The van der Waals surface area contributed by atoms with Crippen LogP contribution < -0.4 is 4.74 Å². The topological polar surface area (TPSA) is 9.23 Å². The van der Waals surface area contributed by atoms with Crippen molar-refractivity contribution in [2.24, 2.45) is 0 Å². The van der Waals surface area contributed by atoms with Crippen molar-refractivity contribution in [2.75, 3.05) is 0 Å². The molecule has 0 spiro atoms. The molecule has 0 unspecified atom stereocenters. The molecule has 0 saturated heterocycles. The van der Waals surface area contributed by atoms with Crippen molar-refractivity contribution in [3.63, 3.8) is 0 Å². The van der Waals surface area contributed by atoms with Crippen molar-refractivity contribution < 1.29 is 4.74 Å². The van der Waals surface area contributed by atoms with Crippen molar-refractivity contribution in [2.45, 2.75) is 26.4 Å². The van der Waals surface area contributed by atoms with Gasteiger partial charge in [-0.05, 0) is 32.9 Å². The van der Waals surface area contributed by atoms with Gasteiger partial charge < -0.3 is 4.74 Å². The first-order valence-electron chi connectivity index (χ1n) is 3.42. The molecule has 0 fully saturated rings. The van der Waals surface area contributed by atoms with Gasteiger partial charge in [0.15, 0.2) is 5.06 Å². The smallest absolute Gasteiger partial charge is 0.175 e. The van der Waals surface area contributed by atoms with Crippen molar-refractivity contribution in [1.82, 2.24) is 0 Å². The fourth-order valence-electron chi connectivity index (χ4n) is 0.654. The van der Waals surface area contributed by atoms with Gasteiger partial charge in [-0.3, -0.25) is 0 Å². The van der Waals surface area contributed by atoms with E-state index in [1.54, 1.807) is 0 Å². The summed E-state index contributed by atoms with van der Waals surface area (Å²) in [6, 6.07) is 3.73. The van der Waals surface area contributed by atoms with Crippen LogP contribution in [0.5, 0.6) is 5.06 Å². The van der Waals surface area contributed by atoms with E-state index in [0.717, 1.165) is 9.40 Å². The van der Waals surface area contributed by atoms with Gasteiger partial charge in [-0.25, -0.2) is 0 Å². The summed E-state index contributed by atoms with van der Waals surface area (Å²) in [7, 11) is 0. The molecule has 0 aliphatic heterocycles. The minimum Gasteiger partial charge on any atom is -0.479 e. The molecule has 1 nitrogen and oxygen atoms in total. The zero-order chi connectivity index (χ0) is 8.48. The molecular weight excluding hydrogens is 180 g/mol. The summed E-state index contributed by atoms with van der Waals surface area (Å²) >= 11 is 7.19. The molecular formula is C8H11ClOS. The first kappa shape index (κ1) is 8.88. The summed E-state index contributed by atoms with van der Waals surface area (Å²) in [5, 5.41) is 0.877. The highest BCUT2D eigenvalue weighted by Gasteiger charge is 2.12. The molecule has 1 heterocycles. The van der Waals surface area contributed by atoms with Crippen molar-refractivity contribution in [3.8, 4) is 5.06 Å². The molecule has 0 saturated carbocycles. The summed E-state index contributed by atoms with van der Waals surface area (Å²) in [4.78, 5) is 0. The second-order valence-electron chi connectivity index (χ2n) is 3.27. The fraction of sp³-hybridized carbons (Fsp3) is 0.500. The third kappa shape index (κ3) is 3.12. The maximum Gasteiger partial charge on any atom is 0.175 e. The third-order valence-electron chi connectivity index (χ3n) is 0.955. The summed E-state index contributed by atoms with van der Waals surface area (Å²) in [6.07, 6.45) is 0. The van der Waals surface area contributed by atoms with Crippen LogP contribution in [-0.4, -0.2) is 5.60 Å². The predicted molar refractivity (Wildman–Crippen MR) is 49.7 cm³/mol. The van der Waals surface area contributed by atoms with E-state index in [4.69, 9.17) is 16.3 Å². The molecule has 0 aliphatic carbocycles. The first-order chi connectivity index (χ1) is 4.97. The zero-order valence-corrected chi connectivity index (χ0v) is 8.42. The summed E-state index contributed by atoms with van der Waals surface area (Å²) in [6.45, 7) is 6.04. The van der Waals surface area contributed by atoms with Crippen LogP contribution >= 0.6 is 22.9 Å². The largest absolute Gasteiger partial charge is 0.479 e. The van der Waals surface area contributed by atoms with Gasteiger partial charge in [0, 0.05) is 0 Å². The number of hydrogen-bond acceptors (Lipinski definition) is 2. The molecule has 62 valence electrons. The minimum absolute atomic E-state index is 0.131. The molecule has 1 aromatic heterocycles. The molecule has 0 N–H and O–H groups in total. The van der Waals surface area contributed by atoms with Gasteiger partial charge >= 0.3 is 0 Å². The van der Waals surface area contributed by atoms with Crippen LogP contribution in [0.25, 0.3) is 0 Å². The number of hydrogen-bond donors (Lipinski definition) is 0. The number of rotatable bonds is 1. The quantitative estimate of drug-likeness (QED) is 0.658. The molecule has 1 aromatic rings. The van der Waals surface area contributed by atoms with Crippen LogP contribution in [-0.2, 0) is 0 Å². The standard InChI is InChI=1S/C8H11ClOS/c1-8(2,3)10-7-5-4-6(9)11-7/h4-5H,1-3H3. The second-order valence-corrected chi connectivity index (χ2v) is 4.95. The molecule has 0 amide bonds. The number of halogens is 1. The van der Waals surface area contributed by atoms with Gasteiger partial charge in [0.25, 0.3) is 0 Å². The van der Waals surface area contributed by atoms with Crippen molar-refractivity contribution in [1.29, 1.82) is 0 Å². The van der Waals surface area contributed by atoms with E-state index >= 15 is 0 Å². The average molecular weight is 191 g/mol. The first-order valence-corrected chi connectivity index (χ1v) is 4.61. The summed E-state index contributed by atoms with van der Waals surface area (Å²) < 4.78 is 6.32. The lowest BCUT2D eigenvalue weighted by Gasteiger charge is -2.19. The number of thiophene rings is 1. The molecule has 0 radical (unpaired) electrons. The SMILES string of the molecule is CC(C)(C)Oc1ccc(Cl)s1. The number of ether oxygens (including phenoxy) is 1. The van der Waals surface area contributed by atoms with E-state index in [-0.39, 0.29) is 5.60 Å². The van der Waals surface area contributed by atoms with Crippen molar-refractivity contribution in [3.05, 3.63) is 16.5 Å². The molecule has 0 atom stereocenters. The van der Waals surface area contributed by atoms with Crippen LogP contribution in [0.4, 0.5) is 0 Å². The van der Waals surface area contributed by atoms with E-state index in [9.17, 15) is 0 Å². The van der Waals surface area contributed by atoms with Crippen LogP contribution in [0.3, 0.4) is 0 Å². The van der Waals surface area contributed by atoms with Crippen LogP contribution in [0, 0.1) is 0 Å². The Bertz CT molecular complexity index is 236. The average Bonchev–Trinajstić information content (AvgIpc) is 2.10. The van der Waals surface area contributed by atoms with Crippen LogP contribution in [0.2, 0.25) is 4.34 Å². The van der Waals surface area contributed by atoms with Gasteiger partial charge in [-0.2, -0.15) is 0 Å². The van der Waals surface area contributed by atoms with Crippen LogP contribution in [0.15, 0.2) is 12.1 Å².